The van der Waals surface area contributed by atoms with E-state index in [2.05, 4.69) is 5.32 Å². The number of alkyl halides is 3. The van der Waals surface area contributed by atoms with E-state index in [9.17, 15) is 18.0 Å². The van der Waals surface area contributed by atoms with E-state index in [-0.39, 0.29) is 31.7 Å². The smallest absolute Gasteiger partial charge is 0.355 e. The summed E-state index contributed by atoms with van der Waals surface area (Å²) in [6, 6.07) is 0. The van der Waals surface area contributed by atoms with Gasteiger partial charge in [-0.2, -0.15) is 13.2 Å². The van der Waals surface area contributed by atoms with Crippen molar-refractivity contribution in [2.24, 2.45) is 5.41 Å². The second-order valence-electron chi connectivity index (χ2n) is 3.41. The van der Waals surface area contributed by atoms with Gasteiger partial charge in [0.25, 0.3) is 0 Å². The number of carbonyl (C=O) groups excluding carboxylic acids is 1. The maximum absolute atomic E-state index is 12.3. The van der Waals surface area contributed by atoms with Crippen LogP contribution in [0.4, 0.5) is 13.2 Å². The summed E-state index contributed by atoms with van der Waals surface area (Å²) in [5.41, 5.74) is -1.61. The summed E-state index contributed by atoms with van der Waals surface area (Å²) in [5, 5.41) is 2.28. The highest BCUT2D eigenvalue weighted by Crippen LogP contribution is 2.56. The maximum atomic E-state index is 12.3. The first-order chi connectivity index (χ1) is 5.91. The Kier molecular flexibility index (Phi) is 2.54. The zero-order valence-electron chi connectivity index (χ0n) is 7.37. The molecule has 0 atom stereocenters. The molecule has 76 valence electrons. The van der Waals surface area contributed by atoms with Crippen molar-refractivity contribution >= 4 is 5.91 Å². The summed E-state index contributed by atoms with van der Waals surface area (Å²) in [6.07, 6.45) is -3.66. The van der Waals surface area contributed by atoms with Gasteiger partial charge in [0.2, 0.25) is 5.91 Å². The third-order valence-corrected chi connectivity index (χ3v) is 2.40. The molecule has 0 unspecified atom stereocenters. The molecular formula is C8H12F3NO. The van der Waals surface area contributed by atoms with Crippen LogP contribution in [-0.4, -0.2) is 18.6 Å². The van der Waals surface area contributed by atoms with Crippen LogP contribution in [0.2, 0.25) is 0 Å². The van der Waals surface area contributed by atoms with Gasteiger partial charge in [-0.05, 0) is 12.8 Å². The van der Waals surface area contributed by atoms with E-state index < -0.39 is 11.6 Å². The van der Waals surface area contributed by atoms with Crippen molar-refractivity contribution in [2.45, 2.75) is 32.4 Å². The van der Waals surface area contributed by atoms with Crippen LogP contribution in [0.15, 0.2) is 0 Å². The first-order valence-corrected chi connectivity index (χ1v) is 4.25. The molecule has 0 radical (unpaired) electrons. The lowest BCUT2D eigenvalue weighted by atomic mass is 10.1. The van der Waals surface area contributed by atoms with E-state index in [1.807, 2.05) is 0 Å². The van der Waals surface area contributed by atoms with Gasteiger partial charge in [0, 0.05) is 13.0 Å². The lowest BCUT2D eigenvalue weighted by molar-refractivity contribution is -0.185. The minimum absolute atomic E-state index is 0.139. The SMILES string of the molecule is CCC(=O)NCC1(C(F)(F)F)CC1. The summed E-state index contributed by atoms with van der Waals surface area (Å²) >= 11 is 0. The molecule has 1 amide bonds. The summed E-state index contributed by atoms with van der Waals surface area (Å²) in [7, 11) is 0. The molecule has 0 aromatic carbocycles. The molecule has 1 aliphatic rings. The van der Waals surface area contributed by atoms with E-state index in [4.69, 9.17) is 0 Å². The van der Waals surface area contributed by atoms with Gasteiger partial charge in [-0.15, -0.1) is 0 Å². The van der Waals surface area contributed by atoms with Crippen molar-refractivity contribution < 1.29 is 18.0 Å². The van der Waals surface area contributed by atoms with Crippen molar-refractivity contribution in [3.63, 3.8) is 0 Å². The molecule has 0 aliphatic heterocycles. The Morgan fingerprint density at radius 1 is 1.46 bits per heavy atom. The van der Waals surface area contributed by atoms with Crippen molar-refractivity contribution in [2.75, 3.05) is 6.54 Å². The maximum Gasteiger partial charge on any atom is 0.396 e. The highest BCUT2D eigenvalue weighted by Gasteiger charge is 2.62. The standard InChI is InChI=1S/C8H12F3NO/c1-2-6(13)12-5-7(3-4-7)8(9,10)11/h2-5H2,1H3,(H,12,13). The fraction of sp³-hybridized carbons (Fsp3) is 0.875. The fourth-order valence-electron chi connectivity index (χ4n) is 1.10. The predicted octanol–water partition coefficient (Wildman–Crippen LogP) is 1.86. The number of halogens is 3. The zero-order chi connectivity index (χ0) is 10.1. The Labute approximate surface area is 74.5 Å². The van der Waals surface area contributed by atoms with Gasteiger partial charge in [-0.1, -0.05) is 6.92 Å². The third-order valence-electron chi connectivity index (χ3n) is 2.40. The van der Waals surface area contributed by atoms with Crippen LogP contribution in [0.25, 0.3) is 0 Å². The highest BCUT2D eigenvalue weighted by atomic mass is 19.4. The molecule has 1 N–H and O–H groups in total. The van der Waals surface area contributed by atoms with E-state index >= 15 is 0 Å². The molecule has 0 aromatic rings. The van der Waals surface area contributed by atoms with E-state index in [1.165, 1.54) is 0 Å². The molecular weight excluding hydrogens is 183 g/mol. The van der Waals surface area contributed by atoms with E-state index in [0.29, 0.717) is 0 Å². The molecule has 0 spiro atoms. The molecule has 2 nitrogen and oxygen atoms in total. The fourth-order valence-corrected chi connectivity index (χ4v) is 1.10. The average Bonchev–Trinajstić information content (AvgIpc) is 2.79. The van der Waals surface area contributed by atoms with Gasteiger partial charge < -0.3 is 5.32 Å². The predicted molar refractivity (Wildman–Crippen MR) is 41.0 cm³/mol. The quantitative estimate of drug-likeness (QED) is 0.731. The number of hydrogen-bond acceptors (Lipinski definition) is 1. The van der Waals surface area contributed by atoms with Crippen molar-refractivity contribution in [3.05, 3.63) is 0 Å². The Morgan fingerprint density at radius 2 is 2.00 bits per heavy atom. The Hall–Kier alpha value is -0.740. The van der Waals surface area contributed by atoms with Crippen LogP contribution in [-0.2, 0) is 4.79 Å². The minimum Gasteiger partial charge on any atom is -0.355 e. The normalized spacial score (nSPS) is 19.7. The molecule has 0 bridgehead atoms. The number of nitrogens with one attached hydrogen (secondary N) is 1. The number of carbonyl (C=O) groups is 1. The van der Waals surface area contributed by atoms with Gasteiger partial charge in [0.15, 0.2) is 0 Å². The summed E-state index contributed by atoms with van der Waals surface area (Å²) in [4.78, 5) is 10.7. The van der Waals surface area contributed by atoms with Crippen LogP contribution in [0.5, 0.6) is 0 Å². The van der Waals surface area contributed by atoms with Gasteiger partial charge in [0.05, 0.1) is 5.41 Å². The molecule has 1 saturated carbocycles. The van der Waals surface area contributed by atoms with Gasteiger partial charge in [-0.25, -0.2) is 0 Å². The summed E-state index contributed by atoms with van der Waals surface area (Å²) in [5.74, 6) is -0.324. The van der Waals surface area contributed by atoms with Crippen LogP contribution >= 0.6 is 0 Å². The molecule has 5 heteroatoms. The molecule has 0 heterocycles. The van der Waals surface area contributed by atoms with Gasteiger partial charge in [-0.3, -0.25) is 4.79 Å². The van der Waals surface area contributed by atoms with Crippen LogP contribution in [0.1, 0.15) is 26.2 Å². The number of amides is 1. The van der Waals surface area contributed by atoms with Gasteiger partial charge in [0.1, 0.15) is 0 Å². The van der Waals surface area contributed by atoms with Gasteiger partial charge >= 0.3 is 6.18 Å². The summed E-state index contributed by atoms with van der Waals surface area (Å²) in [6.45, 7) is 1.35. The van der Waals surface area contributed by atoms with Crippen LogP contribution in [0, 0.1) is 5.41 Å². The molecule has 1 rings (SSSR count). The second-order valence-corrected chi connectivity index (χ2v) is 3.41. The molecule has 1 aliphatic carbocycles. The Balaban J connectivity index is 2.41. The topological polar surface area (TPSA) is 29.1 Å². The number of hydrogen-bond donors (Lipinski definition) is 1. The van der Waals surface area contributed by atoms with Crippen LogP contribution in [0.3, 0.4) is 0 Å². The second kappa shape index (κ2) is 3.20. The Bertz CT molecular complexity index is 208. The van der Waals surface area contributed by atoms with Crippen molar-refractivity contribution in [1.29, 1.82) is 0 Å². The third kappa shape index (κ3) is 2.14. The van der Waals surface area contributed by atoms with E-state index in [1.54, 1.807) is 6.92 Å². The van der Waals surface area contributed by atoms with E-state index in [0.717, 1.165) is 0 Å². The summed E-state index contributed by atoms with van der Waals surface area (Å²) < 4.78 is 36.9. The molecule has 0 saturated heterocycles. The van der Waals surface area contributed by atoms with Crippen molar-refractivity contribution in [1.82, 2.24) is 5.32 Å². The first-order valence-electron chi connectivity index (χ1n) is 4.25. The average molecular weight is 195 g/mol. The minimum atomic E-state index is -4.17. The monoisotopic (exact) mass is 195 g/mol. The largest absolute Gasteiger partial charge is 0.396 e. The van der Waals surface area contributed by atoms with Crippen molar-refractivity contribution in [3.8, 4) is 0 Å². The molecule has 0 aromatic heterocycles. The molecule has 1 fully saturated rings. The lowest BCUT2D eigenvalue weighted by Gasteiger charge is -2.19. The number of rotatable bonds is 3. The zero-order valence-corrected chi connectivity index (χ0v) is 7.37. The van der Waals surface area contributed by atoms with Crippen LogP contribution < -0.4 is 5.32 Å². The lowest BCUT2D eigenvalue weighted by Crippen LogP contribution is -2.37. The highest BCUT2D eigenvalue weighted by molar-refractivity contribution is 5.75. The first kappa shape index (κ1) is 10.3. The Morgan fingerprint density at radius 3 is 2.31 bits per heavy atom. The molecule has 13 heavy (non-hydrogen) atoms.